The predicted molar refractivity (Wildman–Crippen MR) is 68.1 cm³/mol. The molecule has 0 aromatic heterocycles. The fourth-order valence-electron chi connectivity index (χ4n) is 1.59. The number of likely N-dealkylation sites (N-methyl/N-ethyl adjacent to an activating group) is 1. The SMILES string of the molecule is C=C(C)CN(C)c1ccc([N+](=O)[O-])c(C(=O)O)c1. The van der Waals surface area contributed by atoms with Crippen LogP contribution in [-0.2, 0) is 0 Å². The van der Waals surface area contributed by atoms with Crippen molar-refractivity contribution in [2.75, 3.05) is 18.5 Å². The topological polar surface area (TPSA) is 83.7 Å². The minimum atomic E-state index is -1.31. The van der Waals surface area contributed by atoms with Crippen LogP contribution in [0.15, 0.2) is 30.4 Å². The van der Waals surface area contributed by atoms with E-state index in [9.17, 15) is 14.9 Å². The summed E-state index contributed by atoms with van der Waals surface area (Å²) in [5, 5.41) is 19.7. The Balaban J connectivity index is 3.18. The van der Waals surface area contributed by atoms with E-state index in [1.165, 1.54) is 18.2 Å². The molecule has 18 heavy (non-hydrogen) atoms. The van der Waals surface area contributed by atoms with Gasteiger partial charge in [-0.25, -0.2) is 4.79 Å². The van der Waals surface area contributed by atoms with Crippen molar-refractivity contribution >= 4 is 17.3 Å². The molecule has 6 nitrogen and oxygen atoms in total. The molecule has 0 bridgehead atoms. The molecule has 0 unspecified atom stereocenters. The molecule has 0 aliphatic carbocycles. The fraction of sp³-hybridized carbons (Fsp3) is 0.250. The Bertz CT molecular complexity index is 511. The number of benzene rings is 1. The van der Waals surface area contributed by atoms with Gasteiger partial charge < -0.3 is 10.0 Å². The number of carboxylic acids is 1. The van der Waals surface area contributed by atoms with E-state index < -0.39 is 16.6 Å². The zero-order chi connectivity index (χ0) is 13.9. The van der Waals surface area contributed by atoms with Crippen LogP contribution >= 0.6 is 0 Å². The van der Waals surface area contributed by atoms with Crippen LogP contribution in [0.3, 0.4) is 0 Å². The minimum Gasteiger partial charge on any atom is -0.477 e. The third-order valence-electron chi connectivity index (χ3n) is 2.36. The average molecular weight is 250 g/mol. The number of anilines is 1. The Morgan fingerprint density at radius 1 is 1.56 bits per heavy atom. The summed E-state index contributed by atoms with van der Waals surface area (Å²) in [5.74, 6) is -1.31. The van der Waals surface area contributed by atoms with Gasteiger partial charge in [-0.2, -0.15) is 0 Å². The van der Waals surface area contributed by atoms with E-state index in [0.29, 0.717) is 12.2 Å². The van der Waals surface area contributed by atoms with Gasteiger partial charge in [-0.3, -0.25) is 10.1 Å². The van der Waals surface area contributed by atoms with Crippen LogP contribution in [0, 0.1) is 10.1 Å². The molecule has 1 rings (SSSR count). The van der Waals surface area contributed by atoms with Gasteiger partial charge in [0, 0.05) is 25.3 Å². The molecule has 0 fully saturated rings. The molecule has 1 aromatic carbocycles. The number of aromatic carboxylic acids is 1. The second kappa shape index (κ2) is 5.31. The zero-order valence-corrected chi connectivity index (χ0v) is 10.2. The van der Waals surface area contributed by atoms with E-state index in [1.54, 1.807) is 11.9 Å². The van der Waals surface area contributed by atoms with Gasteiger partial charge in [-0.1, -0.05) is 12.2 Å². The van der Waals surface area contributed by atoms with E-state index in [0.717, 1.165) is 5.57 Å². The average Bonchev–Trinajstić information content (AvgIpc) is 2.26. The first-order chi connectivity index (χ1) is 8.32. The lowest BCUT2D eigenvalue weighted by molar-refractivity contribution is -0.385. The first-order valence-electron chi connectivity index (χ1n) is 5.20. The van der Waals surface area contributed by atoms with E-state index in [2.05, 4.69) is 6.58 Å². The quantitative estimate of drug-likeness (QED) is 0.492. The Morgan fingerprint density at radius 2 is 2.17 bits per heavy atom. The minimum absolute atomic E-state index is 0.314. The standard InChI is InChI=1S/C12H14N2O4/c1-8(2)7-13(3)9-4-5-11(14(17)18)10(6-9)12(15)16/h4-6H,1,7H2,2-3H3,(H,15,16). The van der Waals surface area contributed by atoms with Crippen LogP contribution in [0.4, 0.5) is 11.4 Å². The Labute approximate surface area is 104 Å². The van der Waals surface area contributed by atoms with Crippen molar-refractivity contribution in [2.24, 2.45) is 0 Å². The maximum absolute atomic E-state index is 11.0. The van der Waals surface area contributed by atoms with Crippen LogP contribution in [0.2, 0.25) is 0 Å². The van der Waals surface area contributed by atoms with Crippen molar-refractivity contribution in [3.63, 3.8) is 0 Å². The highest BCUT2D eigenvalue weighted by molar-refractivity contribution is 5.93. The number of nitrogens with zero attached hydrogens (tertiary/aromatic N) is 2. The van der Waals surface area contributed by atoms with Crippen LogP contribution in [0.1, 0.15) is 17.3 Å². The largest absolute Gasteiger partial charge is 0.477 e. The lowest BCUT2D eigenvalue weighted by Crippen LogP contribution is -2.19. The number of carboxylic acid groups (broad SMARTS) is 1. The summed E-state index contributed by atoms with van der Waals surface area (Å²) in [4.78, 5) is 22.8. The highest BCUT2D eigenvalue weighted by Gasteiger charge is 2.20. The highest BCUT2D eigenvalue weighted by Crippen LogP contribution is 2.24. The molecule has 1 aromatic rings. The van der Waals surface area contributed by atoms with Gasteiger partial charge in [0.25, 0.3) is 5.69 Å². The molecule has 0 aliphatic heterocycles. The van der Waals surface area contributed by atoms with Gasteiger partial charge in [-0.15, -0.1) is 0 Å². The van der Waals surface area contributed by atoms with Crippen molar-refractivity contribution in [2.45, 2.75) is 6.92 Å². The smallest absolute Gasteiger partial charge is 0.342 e. The lowest BCUT2D eigenvalue weighted by atomic mass is 10.1. The monoisotopic (exact) mass is 250 g/mol. The lowest BCUT2D eigenvalue weighted by Gasteiger charge is -2.19. The maximum atomic E-state index is 11.0. The predicted octanol–water partition coefficient (Wildman–Crippen LogP) is 2.31. The van der Waals surface area contributed by atoms with Crippen molar-refractivity contribution in [1.29, 1.82) is 0 Å². The van der Waals surface area contributed by atoms with E-state index in [4.69, 9.17) is 5.11 Å². The van der Waals surface area contributed by atoms with Crippen LogP contribution < -0.4 is 4.90 Å². The molecule has 0 amide bonds. The number of nitro benzene ring substituents is 1. The van der Waals surface area contributed by atoms with Crippen molar-refractivity contribution < 1.29 is 14.8 Å². The molecule has 0 saturated heterocycles. The second-order valence-electron chi connectivity index (χ2n) is 4.08. The Morgan fingerprint density at radius 3 is 2.61 bits per heavy atom. The summed E-state index contributed by atoms with van der Waals surface area (Å²) in [6.45, 7) is 6.16. The molecule has 96 valence electrons. The highest BCUT2D eigenvalue weighted by atomic mass is 16.6. The summed E-state index contributed by atoms with van der Waals surface area (Å²) in [7, 11) is 1.77. The molecular formula is C12H14N2O4. The van der Waals surface area contributed by atoms with Crippen LogP contribution in [-0.4, -0.2) is 29.6 Å². The van der Waals surface area contributed by atoms with Crippen molar-refractivity contribution in [3.8, 4) is 0 Å². The summed E-state index contributed by atoms with van der Waals surface area (Å²) in [6, 6.07) is 4.02. The van der Waals surface area contributed by atoms with Crippen LogP contribution in [0.25, 0.3) is 0 Å². The van der Waals surface area contributed by atoms with Crippen LogP contribution in [0.5, 0.6) is 0 Å². The number of carbonyl (C=O) groups is 1. The molecule has 0 spiro atoms. The molecular weight excluding hydrogens is 236 g/mol. The summed E-state index contributed by atoms with van der Waals surface area (Å²) in [5.41, 5.74) is 0.787. The molecule has 1 N–H and O–H groups in total. The van der Waals surface area contributed by atoms with E-state index >= 15 is 0 Å². The summed E-state index contributed by atoms with van der Waals surface area (Å²) >= 11 is 0. The van der Waals surface area contributed by atoms with E-state index in [-0.39, 0.29) is 5.56 Å². The third kappa shape index (κ3) is 3.07. The van der Waals surface area contributed by atoms with Gasteiger partial charge in [0.1, 0.15) is 5.56 Å². The van der Waals surface area contributed by atoms with Crippen molar-refractivity contribution in [3.05, 3.63) is 46.0 Å². The van der Waals surface area contributed by atoms with Gasteiger partial charge in [0.2, 0.25) is 0 Å². The Kier molecular flexibility index (Phi) is 4.04. The van der Waals surface area contributed by atoms with Gasteiger partial charge in [-0.05, 0) is 19.1 Å². The van der Waals surface area contributed by atoms with Gasteiger partial charge >= 0.3 is 5.97 Å². The zero-order valence-electron chi connectivity index (χ0n) is 10.2. The summed E-state index contributed by atoms with van der Waals surface area (Å²) < 4.78 is 0. The number of hydrogen-bond acceptors (Lipinski definition) is 4. The summed E-state index contributed by atoms with van der Waals surface area (Å²) in [6.07, 6.45) is 0. The third-order valence-corrected chi connectivity index (χ3v) is 2.36. The fourth-order valence-corrected chi connectivity index (χ4v) is 1.59. The first kappa shape index (κ1) is 13.7. The van der Waals surface area contributed by atoms with Gasteiger partial charge in [0.05, 0.1) is 4.92 Å². The van der Waals surface area contributed by atoms with E-state index in [1.807, 2.05) is 6.92 Å². The number of nitro groups is 1. The normalized spacial score (nSPS) is 9.89. The second-order valence-corrected chi connectivity index (χ2v) is 4.08. The molecule has 0 saturated carbocycles. The molecule has 0 heterocycles. The Hall–Kier alpha value is -2.37. The van der Waals surface area contributed by atoms with Crippen molar-refractivity contribution in [1.82, 2.24) is 0 Å². The maximum Gasteiger partial charge on any atom is 0.342 e. The molecule has 0 radical (unpaired) electrons. The number of hydrogen-bond donors (Lipinski definition) is 1. The molecule has 0 atom stereocenters. The number of rotatable bonds is 5. The van der Waals surface area contributed by atoms with Gasteiger partial charge in [0.15, 0.2) is 0 Å². The first-order valence-corrected chi connectivity index (χ1v) is 5.20. The molecule has 6 heteroatoms. The molecule has 0 aliphatic rings.